The molecule has 2 heterocycles. The average Bonchev–Trinajstić information content (AvgIpc) is 2.28. The second kappa shape index (κ2) is 5.41. The van der Waals surface area contributed by atoms with E-state index in [-0.39, 0.29) is 5.54 Å². The molecule has 96 valence electrons. The van der Waals surface area contributed by atoms with E-state index in [2.05, 4.69) is 45.1 Å². The molecule has 3 nitrogen and oxygen atoms in total. The molecule has 0 spiro atoms. The van der Waals surface area contributed by atoms with Gasteiger partial charge in [0.05, 0.1) is 11.2 Å². The minimum Gasteiger partial charge on any atom is -0.378 e. The molecule has 5 heteroatoms. The molecular formula is C13H15BrClN3. The van der Waals surface area contributed by atoms with Crippen LogP contribution in [0.5, 0.6) is 0 Å². The van der Waals surface area contributed by atoms with Gasteiger partial charge in [-0.15, -0.1) is 11.6 Å². The van der Waals surface area contributed by atoms with Crippen molar-refractivity contribution >= 4 is 44.3 Å². The van der Waals surface area contributed by atoms with Gasteiger partial charge >= 0.3 is 0 Å². The summed E-state index contributed by atoms with van der Waals surface area (Å²) in [5, 5.41) is 3.48. The van der Waals surface area contributed by atoms with Gasteiger partial charge in [-0.2, -0.15) is 0 Å². The van der Waals surface area contributed by atoms with Gasteiger partial charge in [0.1, 0.15) is 5.52 Å². The van der Waals surface area contributed by atoms with Gasteiger partial charge in [-0.25, -0.2) is 0 Å². The quantitative estimate of drug-likeness (QED) is 0.854. The number of fused-ring (bicyclic) bond motifs is 1. The number of hydrogen-bond acceptors (Lipinski definition) is 3. The summed E-state index contributed by atoms with van der Waals surface area (Å²) in [5.74, 6) is 0.627. The Morgan fingerprint density at radius 3 is 2.89 bits per heavy atom. The minimum absolute atomic E-state index is 0.0647. The first kappa shape index (κ1) is 13.6. The lowest BCUT2D eigenvalue weighted by Gasteiger charge is -2.27. The predicted molar refractivity (Wildman–Crippen MR) is 80.3 cm³/mol. The van der Waals surface area contributed by atoms with E-state index in [1.807, 2.05) is 12.1 Å². The summed E-state index contributed by atoms with van der Waals surface area (Å²) in [7, 11) is 0. The number of anilines is 1. The number of pyridine rings is 2. The zero-order chi connectivity index (χ0) is 13.2. The maximum Gasteiger partial charge on any atom is 0.112 e. The van der Waals surface area contributed by atoms with Crippen LogP contribution in [0.1, 0.15) is 20.3 Å². The summed E-state index contributed by atoms with van der Waals surface area (Å²) in [5.41, 5.74) is 2.67. The molecule has 0 saturated heterocycles. The molecule has 0 radical (unpaired) electrons. The van der Waals surface area contributed by atoms with Crippen molar-refractivity contribution in [2.45, 2.75) is 25.8 Å². The number of halogens is 2. The van der Waals surface area contributed by atoms with Crippen molar-refractivity contribution in [3.63, 3.8) is 0 Å². The second-order valence-electron chi connectivity index (χ2n) is 4.83. The molecule has 0 saturated carbocycles. The van der Waals surface area contributed by atoms with E-state index in [1.54, 1.807) is 12.4 Å². The third-order valence-electron chi connectivity index (χ3n) is 2.74. The summed E-state index contributed by atoms with van der Waals surface area (Å²) in [4.78, 5) is 8.74. The first-order valence-corrected chi connectivity index (χ1v) is 7.09. The summed E-state index contributed by atoms with van der Waals surface area (Å²) >= 11 is 9.22. The molecule has 0 unspecified atom stereocenters. The Labute approximate surface area is 120 Å². The molecule has 0 aliphatic carbocycles. The Bertz CT molecular complexity index is 557. The number of hydrogen-bond donors (Lipinski definition) is 1. The van der Waals surface area contributed by atoms with Crippen LogP contribution in [-0.4, -0.2) is 21.4 Å². The fourth-order valence-corrected chi connectivity index (χ4v) is 2.56. The summed E-state index contributed by atoms with van der Waals surface area (Å²) in [6.45, 7) is 4.25. The van der Waals surface area contributed by atoms with Crippen LogP contribution in [0.2, 0.25) is 0 Å². The van der Waals surface area contributed by atoms with Crippen LogP contribution in [0.4, 0.5) is 5.69 Å². The van der Waals surface area contributed by atoms with Crippen molar-refractivity contribution < 1.29 is 0 Å². The molecule has 0 atom stereocenters. The SMILES string of the molecule is CC(C)(CCCl)Nc1ccnc2cc(Br)cnc12. The standard InChI is InChI=1S/C13H15BrClN3/c1-13(2,4-5-15)18-10-3-6-16-11-7-9(14)8-17-12(10)11/h3,6-8H,4-5H2,1-2H3,(H,16,18). The van der Waals surface area contributed by atoms with Gasteiger partial charge in [0.2, 0.25) is 0 Å². The lowest BCUT2D eigenvalue weighted by molar-refractivity contribution is 0.551. The van der Waals surface area contributed by atoms with Crippen LogP contribution >= 0.6 is 27.5 Å². The van der Waals surface area contributed by atoms with Gasteiger partial charge in [-0.05, 0) is 48.3 Å². The van der Waals surface area contributed by atoms with E-state index in [4.69, 9.17) is 11.6 Å². The van der Waals surface area contributed by atoms with E-state index in [0.29, 0.717) is 5.88 Å². The molecular weight excluding hydrogens is 314 g/mol. The van der Waals surface area contributed by atoms with Crippen molar-refractivity contribution in [1.29, 1.82) is 0 Å². The van der Waals surface area contributed by atoms with Crippen LogP contribution < -0.4 is 5.32 Å². The highest BCUT2D eigenvalue weighted by Gasteiger charge is 2.18. The zero-order valence-electron chi connectivity index (χ0n) is 10.4. The smallest absolute Gasteiger partial charge is 0.112 e. The maximum atomic E-state index is 5.82. The van der Waals surface area contributed by atoms with E-state index in [0.717, 1.165) is 27.6 Å². The molecule has 2 aromatic rings. The number of alkyl halides is 1. The monoisotopic (exact) mass is 327 g/mol. The Morgan fingerprint density at radius 2 is 2.17 bits per heavy atom. The third-order valence-corrected chi connectivity index (χ3v) is 3.36. The molecule has 0 bridgehead atoms. The fourth-order valence-electron chi connectivity index (χ4n) is 1.77. The van der Waals surface area contributed by atoms with Crippen LogP contribution in [0, 0.1) is 0 Å². The molecule has 2 aromatic heterocycles. The van der Waals surface area contributed by atoms with Gasteiger partial charge in [0, 0.05) is 28.3 Å². The largest absolute Gasteiger partial charge is 0.378 e. The summed E-state index contributed by atoms with van der Waals surface area (Å²) < 4.78 is 0.930. The van der Waals surface area contributed by atoms with E-state index >= 15 is 0 Å². The van der Waals surface area contributed by atoms with Crippen LogP contribution in [0.15, 0.2) is 29.0 Å². The first-order chi connectivity index (χ1) is 8.52. The molecule has 2 rings (SSSR count). The Kier molecular flexibility index (Phi) is 4.07. The van der Waals surface area contributed by atoms with E-state index < -0.39 is 0 Å². The second-order valence-corrected chi connectivity index (χ2v) is 6.12. The van der Waals surface area contributed by atoms with Gasteiger partial charge < -0.3 is 5.32 Å². The van der Waals surface area contributed by atoms with Gasteiger partial charge in [-0.1, -0.05) is 0 Å². The lowest BCUT2D eigenvalue weighted by Crippen LogP contribution is -2.31. The molecule has 0 amide bonds. The van der Waals surface area contributed by atoms with E-state index in [9.17, 15) is 0 Å². The van der Waals surface area contributed by atoms with Crippen molar-refractivity contribution in [2.75, 3.05) is 11.2 Å². The Balaban J connectivity index is 2.39. The first-order valence-electron chi connectivity index (χ1n) is 5.76. The number of nitrogens with one attached hydrogen (secondary N) is 1. The molecule has 0 aliphatic heterocycles. The molecule has 18 heavy (non-hydrogen) atoms. The number of aromatic nitrogens is 2. The lowest BCUT2D eigenvalue weighted by atomic mass is 10.0. The van der Waals surface area contributed by atoms with E-state index in [1.165, 1.54) is 0 Å². The van der Waals surface area contributed by atoms with Crippen molar-refractivity contribution in [2.24, 2.45) is 0 Å². The topological polar surface area (TPSA) is 37.8 Å². The predicted octanol–water partition coefficient (Wildman–Crippen LogP) is 4.21. The van der Waals surface area contributed by atoms with Crippen LogP contribution in [-0.2, 0) is 0 Å². The minimum atomic E-state index is -0.0647. The van der Waals surface area contributed by atoms with Gasteiger partial charge in [-0.3, -0.25) is 9.97 Å². The van der Waals surface area contributed by atoms with Gasteiger partial charge in [0.25, 0.3) is 0 Å². The average molecular weight is 329 g/mol. The van der Waals surface area contributed by atoms with Crippen LogP contribution in [0.3, 0.4) is 0 Å². The fraction of sp³-hybridized carbons (Fsp3) is 0.385. The maximum absolute atomic E-state index is 5.82. The van der Waals surface area contributed by atoms with Crippen molar-refractivity contribution in [3.8, 4) is 0 Å². The molecule has 0 fully saturated rings. The third kappa shape index (κ3) is 3.12. The zero-order valence-corrected chi connectivity index (χ0v) is 12.7. The normalized spacial score (nSPS) is 11.8. The molecule has 1 N–H and O–H groups in total. The number of nitrogens with zero attached hydrogens (tertiary/aromatic N) is 2. The van der Waals surface area contributed by atoms with Crippen LogP contribution in [0.25, 0.3) is 11.0 Å². The Morgan fingerprint density at radius 1 is 1.39 bits per heavy atom. The van der Waals surface area contributed by atoms with Gasteiger partial charge in [0.15, 0.2) is 0 Å². The summed E-state index contributed by atoms with van der Waals surface area (Å²) in [6, 6.07) is 3.90. The highest BCUT2D eigenvalue weighted by Crippen LogP contribution is 2.25. The number of rotatable bonds is 4. The highest BCUT2D eigenvalue weighted by molar-refractivity contribution is 9.10. The molecule has 0 aliphatic rings. The molecule has 0 aromatic carbocycles. The summed E-state index contributed by atoms with van der Waals surface area (Å²) in [6.07, 6.45) is 4.45. The highest BCUT2D eigenvalue weighted by atomic mass is 79.9. The Hall–Kier alpha value is -0.870. The van der Waals surface area contributed by atoms with Crippen molar-refractivity contribution in [3.05, 3.63) is 29.0 Å². The van der Waals surface area contributed by atoms with Crippen molar-refractivity contribution in [1.82, 2.24) is 9.97 Å².